The molecular weight excluding hydrogens is 357 g/mol. The molecule has 0 N–H and O–H groups in total. The summed E-state index contributed by atoms with van der Waals surface area (Å²) in [5, 5.41) is 0. The second-order valence-electron chi connectivity index (χ2n) is 7.00. The fourth-order valence-corrected chi connectivity index (χ4v) is 3.56. The molecule has 0 bridgehead atoms. The highest BCUT2D eigenvalue weighted by atomic mass is 19.1. The number of ether oxygens (including phenoxy) is 1. The van der Waals surface area contributed by atoms with Gasteiger partial charge in [0.05, 0.1) is 18.7 Å². The zero-order valence-corrected chi connectivity index (χ0v) is 16.4. The average Bonchev–Trinajstić information content (AvgIpc) is 2.66. The van der Waals surface area contributed by atoms with Crippen molar-refractivity contribution in [1.82, 2.24) is 4.90 Å². The molecule has 0 radical (unpaired) electrons. The molecule has 1 aliphatic rings. The van der Waals surface area contributed by atoms with E-state index in [4.69, 9.17) is 4.74 Å². The van der Waals surface area contributed by atoms with Crippen LogP contribution in [0.3, 0.4) is 0 Å². The molecular formula is C23H24FNO3. The third-order valence-corrected chi connectivity index (χ3v) is 5.03. The fourth-order valence-electron chi connectivity index (χ4n) is 3.56. The Kier molecular flexibility index (Phi) is 5.93. The lowest BCUT2D eigenvalue weighted by Crippen LogP contribution is -2.38. The van der Waals surface area contributed by atoms with Crippen molar-refractivity contribution in [3.8, 4) is 0 Å². The van der Waals surface area contributed by atoms with E-state index in [2.05, 4.69) is 0 Å². The summed E-state index contributed by atoms with van der Waals surface area (Å²) < 4.78 is 19.0. The maximum absolute atomic E-state index is 13.8. The van der Waals surface area contributed by atoms with Gasteiger partial charge in [-0.05, 0) is 44.0 Å². The number of rotatable bonds is 5. The summed E-state index contributed by atoms with van der Waals surface area (Å²) in [5.74, 6) is -1.47. The van der Waals surface area contributed by atoms with Crippen LogP contribution in [0.4, 0.5) is 4.39 Å². The van der Waals surface area contributed by atoms with Gasteiger partial charge < -0.3 is 9.64 Å². The number of nitrogens with zero attached hydrogens (tertiary/aromatic N) is 1. The zero-order valence-electron chi connectivity index (χ0n) is 16.4. The van der Waals surface area contributed by atoms with Crippen LogP contribution in [0.5, 0.6) is 0 Å². The standard InChI is InChI=1S/C23H24FNO3/c1-4-28-23(27)22-16(3)25(14-17-10-8-15(2)9-11-17)21(26)13-20(22)18-6-5-7-19(24)12-18/h5-12,20H,4,13-14H2,1-3H3. The SMILES string of the molecule is CCOC(=O)C1=C(C)N(Cc2ccc(C)cc2)C(=O)CC1c1cccc(F)c1. The monoisotopic (exact) mass is 381 g/mol. The van der Waals surface area contributed by atoms with Gasteiger partial charge in [-0.1, -0.05) is 42.0 Å². The molecule has 28 heavy (non-hydrogen) atoms. The quantitative estimate of drug-likeness (QED) is 0.717. The minimum Gasteiger partial charge on any atom is -0.463 e. The lowest BCUT2D eigenvalue weighted by atomic mass is 9.83. The first-order valence-electron chi connectivity index (χ1n) is 9.40. The zero-order chi connectivity index (χ0) is 20.3. The summed E-state index contributed by atoms with van der Waals surface area (Å²) >= 11 is 0. The Morgan fingerprint density at radius 3 is 2.54 bits per heavy atom. The van der Waals surface area contributed by atoms with E-state index in [1.165, 1.54) is 12.1 Å². The molecule has 0 saturated heterocycles. The highest BCUT2D eigenvalue weighted by Gasteiger charge is 2.37. The van der Waals surface area contributed by atoms with Crippen LogP contribution in [0.25, 0.3) is 0 Å². The first-order valence-corrected chi connectivity index (χ1v) is 9.40. The van der Waals surface area contributed by atoms with Gasteiger partial charge >= 0.3 is 5.97 Å². The second-order valence-corrected chi connectivity index (χ2v) is 7.00. The largest absolute Gasteiger partial charge is 0.463 e. The third kappa shape index (κ3) is 4.14. The van der Waals surface area contributed by atoms with Crippen LogP contribution in [0, 0.1) is 12.7 Å². The summed E-state index contributed by atoms with van der Waals surface area (Å²) in [6, 6.07) is 14.0. The molecule has 3 rings (SSSR count). The first kappa shape index (κ1) is 19.8. The summed E-state index contributed by atoms with van der Waals surface area (Å²) in [4.78, 5) is 27.2. The Hall–Kier alpha value is -2.95. The predicted octanol–water partition coefficient (Wildman–Crippen LogP) is 4.49. The van der Waals surface area contributed by atoms with E-state index in [0.29, 0.717) is 23.4 Å². The van der Waals surface area contributed by atoms with Crippen LogP contribution >= 0.6 is 0 Å². The van der Waals surface area contributed by atoms with Crippen molar-refractivity contribution in [2.75, 3.05) is 6.61 Å². The Morgan fingerprint density at radius 1 is 1.18 bits per heavy atom. The number of allylic oxidation sites excluding steroid dienone is 1. The summed E-state index contributed by atoms with van der Waals surface area (Å²) in [6.45, 7) is 6.11. The van der Waals surface area contributed by atoms with E-state index in [-0.39, 0.29) is 18.9 Å². The molecule has 1 heterocycles. The van der Waals surface area contributed by atoms with Gasteiger partial charge in [0.15, 0.2) is 0 Å². The highest BCUT2D eigenvalue weighted by Crippen LogP contribution is 2.37. The van der Waals surface area contributed by atoms with E-state index < -0.39 is 17.7 Å². The Bertz CT molecular complexity index is 918. The first-order chi connectivity index (χ1) is 13.4. The molecule has 4 nitrogen and oxygen atoms in total. The van der Waals surface area contributed by atoms with Crippen molar-refractivity contribution in [3.63, 3.8) is 0 Å². The smallest absolute Gasteiger partial charge is 0.336 e. The van der Waals surface area contributed by atoms with Crippen LogP contribution in [0.1, 0.15) is 42.9 Å². The van der Waals surface area contributed by atoms with Crippen molar-refractivity contribution in [2.24, 2.45) is 0 Å². The Morgan fingerprint density at radius 2 is 1.89 bits per heavy atom. The molecule has 1 atom stereocenters. The number of hydrogen-bond acceptors (Lipinski definition) is 3. The van der Waals surface area contributed by atoms with Gasteiger partial charge in [0.2, 0.25) is 5.91 Å². The van der Waals surface area contributed by atoms with Gasteiger partial charge in [0.1, 0.15) is 5.82 Å². The van der Waals surface area contributed by atoms with Crippen molar-refractivity contribution in [1.29, 1.82) is 0 Å². The van der Waals surface area contributed by atoms with Gasteiger partial charge in [-0.2, -0.15) is 0 Å². The van der Waals surface area contributed by atoms with Gasteiger partial charge in [-0.25, -0.2) is 9.18 Å². The summed E-state index contributed by atoms with van der Waals surface area (Å²) in [7, 11) is 0. The molecule has 0 aromatic heterocycles. The number of aryl methyl sites for hydroxylation is 1. The molecule has 1 amide bonds. The normalized spacial score (nSPS) is 17.1. The maximum Gasteiger partial charge on any atom is 0.336 e. The van der Waals surface area contributed by atoms with Gasteiger partial charge in [-0.3, -0.25) is 4.79 Å². The predicted molar refractivity (Wildman–Crippen MR) is 105 cm³/mol. The average molecular weight is 381 g/mol. The summed E-state index contributed by atoms with van der Waals surface area (Å²) in [5.41, 5.74) is 3.69. The molecule has 1 aliphatic heterocycles. The van der Waals surface area contributed by atoms with Crippen LogP contribution in [-0.2, 0) is 20.9 Å². The lowest BCUT2D eigenvalue weighted by molar-refractivity contribution is -0.140. The number of carbonyl (C=O) groups is 2. The number of esters is 1. The topological polar surface area (TPSA) is 46.6 Å². The van der Waals surface area contributed by atoms with Gasteiger partial charge in [-0.15, -0.1) is 0 Å². The van der Waals surface area contributed by atoms with Crippen LogP contribution < -0.4 is 0 Å². The molecule has 0 saturated carbocycles. The molecule has 2 aromatic carbocycles. The highest BCUT2D eigenvalue weighted by molar-refractivity contribution is 5.95. The molecule has 0 spiro atoms. The maximum atomic E-state index is 13.8. The van der Waals surface area contributed by atoms with E-state index in [0.717, 1.165) is 11.1 Å². The summed E-state index contributed by atoms with van der Waals surface area (Å²) in [6.07, 6.45) is 0.0980. The van der Waals surface area contributed by atoms with Crippen molar-refractivity contribution >= 4 is 11.9 Å². The molecule has 0 fully saturated rings. The van der Waals surface area contributed by atoms with Crippen LogP contribution in [0.15, 0.2) is 59.8 Å². The molecule has 1 unspecified atom stereocenters. The van der Waals surface area contributed by atoms with E-state index in [1.54, 1.807) is 30.9 Å². The lowest BCUT2D eigenvalue weighted by Gasteiger charge is -2.34. The number of benzene rings is 2. The number of hydrogen-bond donors (Lipinski definition) is 0. The Labute approximate surface area is 164 Å². The minimum absolute atomic E-state index is 0.0969. The molecule has 5 heteroatoms. The third-order valence-electron chi connectivity index (χ3n) is 5.03. The Balaban J connectivity index is 2.02. The fraction of sp³-hybridized carbons (Fsp3) is 0.304. The van der Waals surface area contributed by atoms with Gasteiger partial charge in [0, 0.05) is 18.0 Å². The van der Waals surface area contributed by atoms with E-state index in [9.17, 15) is 14.0 Å². The molecule has 2 aromatic rings. The van der Waals surface area contributed by atoms with Gasteiger partial charge in [0.25, 0.3) is 0 Å². The molecule has 146 valence electrons. The minimum atomic E-state index is -0.517. The van der Waals surface area contributed by atoms with E-state index >= 15 is 0 Å². The van der Waals surface area contributed by atoms with Crippen molar-refractivity contribution in [3.05, 3.63) is 82.3 Å². The van der Waals surface area contributed by atoms with Crippen LogP contribution in [-0.4, -0.2) is 23.4 Å². The second kappa shape index (κ2) is 8.38. The van der Waals surface area contributed by atoms with Crippen LogP contribution in [0.2, 0.25) is 0 Å². The number of carbonyl (C=O) groups excluding carboxylic acids is 2. The number of halogens is 1. The van der Waals surface area contributed by atoms with Crippen molar-refractivity contribution in [2.45, 2.75) is 39.7 Å². The molecule has 0 aliphatic carbocycles. The number of amides is 1. The van der Waals surface area contributed by atoms with Crippen molar-refractivity contribution < 1.29 is 18.7 Å². The van der Waals surface area contributed by atoms with E-state index in [1.807, 2.05) is 31.2 Å².